The molecule has 3 aromatic heterocycles. The number of unbranched alkanes of at least 4 members (excludes halogenated alkanes) is 2. The Hall–Kier alpha value is -3.55. The topological polar surface area (TPSA) is 94.3 Å². The van der Waals surface area contributed by atoms with Crippen molar-refractivity contribution in [2.75, 3.05) is 0 Å². The number of hydrogen-bond donors (Lipinski definition) is 1. The summed E-state index contributed by atoms with van der Waals surface area (Å²) in [5.41, 5.74) is 4.85. The smallest absolute Gasteiger partial charge is 0.299 e. The third-order valence-electron chi connectivity index (χ3n) is 6.08. The summed E-state index contributed by atoms with van der Waals surface area (Å²) in [7, 11) is 0. The third kappa shape index (κ3) is 5.50. The zero-order chi connectivity index (χ0) is 23.9. The molecule has 178 valence electrons. The van der Waals surface area contributed by atoms with Gasteiger partial charge in [0, 0.05) is 35.8 Å². The van der Waals surface area contributed by atoms with Crippen LogP contribution in [-0.4, -0.2) is 34.7 Å². The Morgan fingerprint density at radius 1 is 1.06 bits per heavy atom. The van der Waals surface area contributed by atoms with Crippen LogP contribution in [0.5, 0.6) is 0 Å². The van der Waals surface area contributed by atoms with E-state index in [0.717, 1.165) is 60.3 Å². The van der Waals surface area contributed by atoms with E-state index in [1.807, 2.05) is 51.7 Å². The summed E-state index contributed by atoms with van der Waals surface area (Å²) in [5.74, 6) is 1.17. The molecule has 34 heavy (non-hydrogen) atoms. The fraction of sp³-hybridized carbons (Fsp3) is 0.423. The average Bonchev–Trinajstić information content (AvgIpc) is 3.48. The molecule has 1 aromatic carbocycles. The normalized spacial score (nSPS) is 11.4. The van der Waals surface area contributed by atoms with E-state index in [-0.39, 0.29) is 5.69 Å². The lowest BCUT2D eigenvalue weighted by Crippen LogP contribution is -2.26. The van der Waals surface area contributed by atoms with E-state index < -0.39 is 0 Å². The molecular weight excluding hydrogens is 426 g/mol. The Morgan fingerprint density at radius 2 is 1.88 bits per heavy atom. The molecule has 0 aliphatic heterocycles. The lowest BCUT2D eigenvalue weighted by atomic mass is 10.0. The molecular formula is C26H33N7O. The number of pyridine rings is 1. The number of tetrazole rings is 1. The molecule has 0 atom stereocenters. The number of nitrogens with one attached hydrogen (secondary N) is 1. The first-order valence-corrected chi connectivity index (χ1v) is 12.1. The predicted molar refractivity (Wildman–Crippen MR) is 133 cm³/mol. The van der Waals surface area contributed by atoms with Crippen molar-refractivity contribution in [3.63, 3.8) is 0 Å². The van der Waals surface area contributed by atoms with Crippen molar-refractivity contribution in [2.45, 2.75) is 66.0 Å². The fourth-order valence-corrected chi connectivity index (χ4v) is 4.11. The molecule has 4 aromatic rings. The Kier molecular flexibility index (Phi) is 7.67. The summed E-state index contributed by atoms with van der Waals surface area (Å²) in [6, 6.07) is 11.9. The molecule has 0 bridgehead atoms. The number of nitrogens with zero attached hydrogens (tertiary/aromatic N) is 6. The quantitative estimate of drug-likeness (QED) is 0.328. The van der Waals surface area contributed by atoms with Crippen molar-refractivity contribution >= 4 is 0 Å². The minimum absolute atomic E-state index is 0.0689. The van der Waals surface area contributed by atoms with Crippen molar-refractivity contribution in [1.29, 1.82) is 0 Å². The first-order valence-electron chi connectivity index (χ1n) is 12.1. The van der Waals surface area contributed by atoms with Crippen LogP contribution in [0.4, 0.5) is 0 Å². The monoisotopic (exact) mass is 459 g/mol. The van der Waals surface area contributed by atoms with E-state index in [0.29, 0.717) is 18.3 Å². The maximum absolute atomic E-state index is 13.2. The average molecular weight is 460 g/mol. The number of rotatable bonds is 11. The van der Waals surface area contributed by atoms with Crippen LogP contribution in [0.25, 0.3) is 22.6 Å². The highest BCUT2D eigenvalue weighted by Crippen LogP contribution is 2.28. The molecule has 0 aliphatic carbocycles. The molecule has 0 fully saturated rings. The fourth-order valence-electron chi connectivity index (χ4n) is 4.11. The van der Waals surface area contributed by atoms with Gasteiger partial charge in [-0.3, -0.25) is 14.1 Å². The van der Waals surface area contributed by atoms with Crippen LogP contribution in [0.1, 0.15) is 57.7 Å². The second kappa shape index (κ2) is 11.0. The second-order valence-electron chi connectivity index (χ2n) is 9.17. The van der Waals surface area contributed by atoms with Gasteiger partial charge in [0.15, 0.2) is 5.82 Å². The largest absolute Gasteiger partial charge is 0.328 e. The molecule has 8 heteroatoms. The number of hydrogen-bond acceptors (Lipinski definition) is 5. The van der Waals surface area contributed by atoms with Gasteiger partial charge < -0.3 is 0 Å². The van der Waals surface area contributed by atoms with E-state index in [1.54, 1.807) is 0 Å². The lowest BCUT2D eigenvalue weighted by Gasteiger charge is -2.09. The van der Waals surface area contributed by atoms with Gasteiger partial charge in [-0.25, -0.2) is 9.89 Å². The molecule has 0 amide bonds. The third-order valence-corrected chi connectivity index (χ3v) is 6.08. The maximum Gasteiger partial charge on any atom is 0.328 e. The van der Waals surface area contributed by atoms with Crippen LogP contribution < -0.4 is 5.69 Å². The first-order chi connectivity index (χ1) is 16.6. The van der Waals surface area contributed by atoms with Crippen LogP contribution >= 0.6 is 0 Å². The summed E-state index contributed by atoms with van der Waals surface area (Å²) < 4.78 is 3.80. The van der Waals surface area contributed by atoms with Gasteiger partial charge >= 0.3 is 5.69 Å². The standard InChI is InChI=1S/C26H33N7O/c1-4-5-6-9-21-18-32(15-14-19(2)3)26(34)33(21)17-20-12-13-24(27-16-20)22-10-7-8-11-23(22)25-28-30-31-29-25/h7-8,10-13,16,18-19H,4-6,9,14-15,17H2,1-3H3,(H,28,29,30,31). The molecule has 1 N–H and O–H groups in total. The van der Waals surface area contributed by atoms with Gasteiger partial charge in [0.1, 0.15) is 0 Å². The highest BCUT2D eigenvalue weighted by molar-refractivity contribution is 5.78. The van der Waals surface area contributed by atoms with Crippen molar-refractivity contribution in [2.24, 2.45) is 5.92 Å². The molecule has 0 saturated heterocycles. The van der Waals surface area contributed by atoms with Gasteiger partial charge in [0.05, 0.1) is 12.2 Å². The van der Waals surface area contributed by atoms with Crippen molar-refractivity contribution in [3.8, 4) is 22.6 Å². The van der Waals surface area contributed by atoms with Crippen molar-refractivity contribution < 1.29 is 0 Å². The van der Waals surface area contributed by atoms with Gasteiger partial charge in [0.25, 0.3) is 0 Å². The second-order valence-corrected chi connectivity index (χ2v) is 9.17. The zero-order valence-corrected chi connectivity index (χ0v) is 20.2. The van der Waals surface area contributed by atoms with E-state index in [1.165, 1.54) is 6.42 Å². The maximum atomic E-state index is 13.2. The molecule has 0 radical (unpaired) electrons. The zero-order valence-electron chi connectivity index (χ0n) is 20.2. The van der Waals surface area contributed by atoms with Crippen LogP contribution in [0, 0.1) is 5.92 Å². The molecule has 0 saturated carbocycles. The van der Waals surface area contributed by atoms with E-state index in [2.05, 4.69) is 47.6 Å². The van der Waals surface area contributed by atoms with Gasteiger partial charge in [-0.2, -0.15) is 0 Å². The minimum atomic E-state index is 0.0689. The van der Waals surface area contributed by atoms with E-state index in [9.17, 15) is 4.79 Å². The van der Waals surface area contributed by atoms with E-state index in [4.69, 9.17) is 4.98 Å². The molecule has 0 spiro atoms. The highest BCUT2D eigenvalue weighted by Gasteiger charge is 2.14. The number of benzene rings is 1. The number of imidazole rings is 1. The van der Waals surface area contributed by atoms with Gasteiger partial charge in [-0.15, -0.1) is 5.10 Å². The van der Waals surface area contributed by atoms with Crippen LogP contribution in [0.3, 0.4) is 0 Å². The first kappa shape index (κ1) is 23.6. The van der Waals surface area contributed by atoms with Crippen LogP contribution in [0.15, 0.2) is 53.6 Å². The minimum Gasteiger partial charge on any atom is -0.299 e. The Labute approximate surface area is 200 Å². The lowest BCUT2D eigenvalue weighted by molar-refractivity contribution is 0.502. The summed E-state index contributed by atoms with van der Waals surface area (Å²) >= 11 is 0. The molecule has 3 heterocycles. The van der Waals surface area contributed by atoms with Crippen LogP contribution in [0.2, 0.25) is 0 Å². The van der Waals surface area contributed by atoms with Gasteiger partial charge in [-0.1, -0.05) is 63.9 Å². The summed E-state index contributed by atoms with van der Waals surface area (Å²) in [6.07, 6.45) is 9.25. The summed E-state index contributed by atoms with van der Waals surface area (Å²) in [4.78, 5) is 17.9. The predicted octanol–water partition coefficient (Wildman–Crippen LogP) is 4.72. The molecule has 4 rings (SSSR count). The Balaban J connectivity index is 1.58. The number of aryl methyl sites for hydroxylation is 2. The Morgan fingerprint density at radius 3 is 2.56 bits per heavy atom. The van der Waals surface area contributed by atoms with Gasteiger partial charge in [-0.05, 0) is 47.2 Å². The highest BCUT2D eigenvalue weighted by atomic mass is 16.1. The molecule has 0 unspecified atom stereocenters. The molecule has 8 nitrogen and oxygen atoms in total. The number of H-pyrrole nitrogens is 1. The van der Waals surface area contributed by atoms with Crippen LogP contribution in [-0.2, 0) is 19.5 Å². The molecule has 0 aliphatic rings. The Bertz CT molecular complexity index is 1240. The number of aromatic nitrogens is 7. The summed E-state index contributed by atoms with van der Waals surface area (Å²) in [6.45, 7) is 7.86. The SMILES string of the molecule is CCCCCc1cn(CCC(C)C)c(=O)n1Cc1ccc(-c2ccccc2-c2nnn[nH]2)nc1. The van der Waals surface area contributed by atoms with E-state index >= 15 is 0 Å². The van der Waals surface area contributed by atoms with Gasteiger partial charge in [0.2, 0.25) is 0 Å². The summed E-state index contributed by atoms with van der Waals surface area (Å²) in [5, 5.41) is 14.2. The number of aromatic amines is 1. The van der Waals surface area contributed by atoms with Crippen molar-refractivity contribution in [3.05, 3.63) is 70.5 Å². The van der Waals surface area contributed by atoms with Crippen molar-refractivity contribution in [1.82, 2.24) is 34.7 Å².